The number of hydrogen-bond acceptors (Lipinski definition) is 5. The van der Waals surface area contributed by atoms with Crippen molar-refractivity contribution in [3.05, 3.63) is 53.9 Å². The molecule has 0 aliphatic rings. The van der Waals surface area contributed by atoms with E-state index in [1.807, 2.05) is 11.4 Å². The Bertz CT molecular complexity index is 841. The van der Waals surface area contributed by atoms with Crippen LogP contribution in [0.2, 0.25) is 0 Å². The van der Waals surface area contributed by atoms with Gasteiger partial charge in [-0.25, -0.2) is 4.98 Å². The summed E-state index contributed by atoms with van der Waals surface area (Å²) in [5, 5.41) is 5.47. The van der Waals surface area contributed by atoms with E-state index in [-0.39, 0.29) is 12.3 Å². The number of nitrogens with zero attached hydrogens (tertiary/aromatic N) is 1. The maximum Gasteiger partial charge on any atom is 0.230 e. The zero-order valence-electron chi connectivity index (χ0n) is 12.3. The Labute approximate surface area is 139 Å². The van der Waals surface area contributed by atoms with E-state index in [4.69, 9.17) is 4.42 Å². The van der Waals surface area contributed by atoms with Gasteiger partial charge in [-0.2, -0.15) is 0 Å². The number of anilines is 1. The number of para-hydroxylation sites is 1. The minimum Gasteiger partial charge on any atom is -0.472 e. The lowest BCUT2D eigenvalue weighted by Crippen LogP contribution is -2.15. The van der Waals surface area contributed by atoms with E-state index in [1.54, 1.807) is 43.0 Å². The molecule has 2 heterocycles. The first-order chi connectivity index (χ1) is 11.1. The number of nitrogens with one attached hydrogen (secondary N) is 1. The molecule has 2 aromatic heterocycles. The number of hydrogen-bond donors (Lipinski definition) is 1. The normalized spacial score (nSPS) is 12.0. The summed E-state index contributed by atoms with van der Waals surface area (Å²) in [6, 6.07) is 8.91. The highest BCUT2D eigenvalue weighted by Crippen LogP contribution is 2.24. The fourth-order valence-electron chi connectivity index (χ4n) is 2.09. The maximum absolute atomic E-state index is 12.2. The van der Waals surface area contributed by atoms with E-state index in [9.17, 15) is 9.00 Å². The first-order valence-corrected chi connectivity index (χ1v) is 9.26. The maximum atomic E-state index is 12.2. The molecule has 0 fully saturated rings. The molecule has 1 amide bonds. The number of carbonyl (C=O) groups excluding carboxylic acids is 1. The molecule has 0 bridgehead atoms. The smallest absolute Gasteiger partial charge is 0.230 e. The molecule has 0 aliphatic heterocycles. The van der Waals surface area contributed by atoms with Gasteiger partial charge in [0, 0.05) is 17.2 Å². The lowest BCUT2D eigenvalue weighted by molar-refractivity contribution is -0.115. The fraction of sp³-hybridized carbons (Fsp3) is 0.125. The van der Waals surface area contributed by atoms with Gasteiger partial charge in [-0.3, -0.25) is 9.00 Å². The van der Waals surface area contributed by atoms with Crippen molar-refractivity contribution in [2.24, 2.45) is 0 Å². The van der Waals surface area contributed by atoms with E-state index in [2.05, 4.69) is 10.3 Å². The third-order valence-corrected chi connectivity index (χ3v) is 5.05. The van der Waals surface area contributed by atoms with E-state index in [0.29, 0.717) is 16.3 Å². The van der Waals surface area contributed by atoms with Gasteiger partial charge in [0.25, 0.3) is 0 Å². The largest absolute Gasteiger partial charge is 0.472 e. The van der Waals surface area contributed by atoms with Crippen molar-refractivity contribution < 1.29 is 13.4 Å². The Morgan fingerprint density at radius 3 is 2.91 bits per heavy atom. The topological polar surface area (TPSA) is 72.2 Å². The molecule has 1 atom stereocenters. The van der Waals surface area contributed by atoms with Crippen molar-refractivity contribution in [1.82, 2.24) is 4.98 Å². The van der Waals surface area contributed by atoms with Crippen LogP contribution in [0.15, 0.2) is 57.6 Å². The van der Waals surface area contributed by atoms with E-state index in [0.717, 1.165) is 10.6 Å². The summed E-state index contributed by atoms with van der Waals surface area (Å²) < 4.78 is 16.7. The highest BCUT2D eigenvalue weighted by molar-refractivity contribution is 7.84. The molecule has 0 aliphatic carbocycles. The van der Waals surface area contributed by atoms with Gasteiger partial charge in [0.05, 0.1) is 39.8 Å². The molecule has 0 saturated heterocycles. The van der Waals surface area contributed by atoms with Crippen LogP contribution in [-0.2, 0) is 22.0 Å². The number of amides is 1. The SMILES string of the molecule is C[S@@](=O)c1ccccc1NC(=O)Cc1csc(-c2ccoc2)n1. The third-order valence-electron chi connectivity index (χ3n) is 3.13. The first-order valence-electron chi connectivity index (χ1n) is 6.83. The summed E-state index contributed by atoms with van der Waals surface area (Å²) in [6.07, 6.45) is 4.96. The van der Waals surface area contributed by atoms with Crippen LogP contribution in [0, 0.1) is 0 Å². The van der Waals surface area contributed by atoms with Gasteiger partial charge in [0.1, 0.15) is 11.3 Å². The van der Waals surface area contributed by atoms with E-state index in [1.165, 1.54) is 11.3 Å². The number of carbonyl (C=O) groups is 1. The molecule has 118 valence electrons. The predicted molar refractivity (Wildman–Crippen MR) is 90.9 cm³/mol. The average molecular weight is 346 g/mol. The summed E-state index contributed by atoms with van der Waals surface area (Å²) in [5.41, 5.74) is 2.16. The monoisotopic (exact) mass is 346 g/mol. The van der Waals surface area contributed by atoms with Crippen LogP contribution in [0.4, 0.5) is 5.69 Å². The van der Waals surface area contributed by atoms with Crippen LogP contribution in [0.1, 0.15) is 5.69 Å². The molecular weight excluding hydrogens is 332 g/mol. The molecule has 1 aromatic carbocycles. The van der Waals surface area contributed by atoms with Crippen molar-refractivity contribution in [2.75, 3.05) is 11.6 Å². The van der Waals surface area contributed by atoms with Gasteiger partial charge in [-0.15, -0.1) is 11.3 Å². The van der Waals surface area contributed by atoms with Gasteiger partial charge in [0.2, 0.25) is 5.91 Å². The molecule has 3 aromatic rings. The summed E-state index contributed by atoms with van der Waals surface area (Å²) >= 11 is 1.46. The van der Waals surface area contributed by atoms with Crippen LogP contribution in [-0.4, -0.2) is 21.4 Å². The summed E-state index contributed by atoms with van der Waals surface area (Å²) in [6.45, 7) is 0. The first kappa shape index (κ1) is 15.6. The molecule has 23 heavy (non-hydrogen) atoms. The van der Waals surface area contributed by atoms with Gasteiger partial charge >= 0.3 is 0 Å². The van der Waals surface area contributed by atoms with Gasteiger partial charge < -0.3 is 9.73 Å². The number of rotatable bonds is 5. The Morgan fingerprint density at radius 2 is 2.17 bits per heavy atom. The number of furan rings is 1. The predicted octanol–water partition coefficient (Wildman–Crippen LogP) is 3.32. The Balaban J connectivity index is 1.70. The third kappa shape index (κ3) is 3.75. The van der Waals surface area contributed by atoms with Gasteiger partial charge in [-0.05, 0) is 18.2 Å². The Hall–Kier alpha value is -2.25. The molecule has 0 saturated carbocycles. The van der Waals surface area contributed by atoms with Crippen LogP contribution in [0.25, 0.3) is 10.6 Å². The van der Waals surface area contributed by atoms with Crippen LogP contribution in [0.3, 0.4) is 0 Å². The van der Waals surface area contributed by atoms with Crippen LogP contribution < -0.4 is 5.32 Å². The van der Waals surface area contributed by atoms with Gasteiger partial charge in [-0.1, -0.05) is 12.1 Å². The summed E-state index contributed by atoms with van der Waals surface area (Å²) in [7, 11) is -1.16. The van der Waals surface area contributed by atoms with Crippen LogP contribution in [0.5, 0.6) is 0 Å². The minimum absolute atomic E-state index is 0.166. The molecule has 0 radical (unpaired) electrons. The lowest BCUT2D eigenvalue weighted by atomic mass is 10.3. The quantitative estimate of drug-likeness (QED) is 0.769. The molecule has 0 unspecified atom stereocenters. The van der Waals surface area contributed by atoms with Gasteiger partial charge in [0.15, 0.2) is 0 Å². The molecular formula is C16H14N2O3S2. The number of benzene rings is 1. The van der Waals surface area contributed by atoms with E-state index >= 15 is 0 Å². The lowest BCUT2D eigenvalue weighted by Gasteiger charge is -2.08. The van der Waals surface area contributed by atoms with Crippen molar-refractivity contribution in [2.45, 2.75) is 11.3 Å². The second kappa shape index (κ2) is 6.89. The van der Waals surface area contributed by atoms with Crippen molar-refractivity contribution in [3.8, 4) is 10.6 Å². The standard InChI is InChI=1S/C16H14N2O3S2/c1-23(20)14-5-3-2-4-13(14)18-15(19)8-12-10-22-16(17-12)11-6-7-21-9-11/h2-7,9-10H,8H2,1H3,(H,18,19)/t23-/m1/s1. The Morgan fingerprint density at radius 1 is 1.35 bits per heavy atom. The van der Waals surface area contributed by atoms with Crippen LogP contribution >= 0.6 is 11.3 Å². The molecule has 0 spiro atoms. The zero-order valence-corrected chi connectivity index (χ0v) is 13.9. The average Bonchev–Trinajstić information content (AvgIpc) is 3.18. The van der Waals surface area contributed by atoms with Crippen molar-refractivity contribution in [3.63, 3.8) is 0 Å². The number of thiazole rings is 1. The summed E-state index contributed by atoms with van der Waals surface area (Å²) in [4.78, 5) is 17.2. The minimum atomic E-state index is -1.16. The highest BCUT2D eigenvalue weighted by atomic mass is 32.2. The molecule has 5 nitrogen and oxygen atoms in total. The van der Waals surface area contributed by atoms with Crippen molar-refractivity contribution >= 4 is 33.7 Å². The molecule has 3 rings (SSSR count). The second-order valence-electron chi connectivity index (χ2n) is 4.83. The molecule has 1 N–H and O–H groups in total. The highest BCUT2D eigenvalue weighted by Gasteiger charge is 2.12. The van der Waals surface area contributed by atoms with E-state index < -0.39 is 10.8 Å². The molecule has 7 heteroatoms. The van der Waals surface area contributed by atoms with Crippen molar-refractivity contribution in [1.29, 1.82) is 0 Å². The fourth-order valence-corrected chi connectivity index (χ4v) is 3.59. The summed E-state index contributed by atoms with van der Waals surface area (Å²) in [5.74, 6) is -0.188. The number of aromatic nitrogens is 1. The Kier molecular flexibility index (Phi) is 4.68. The zero-order chi connectivity index (χ0) is 16.2. The second-order valence-corrected chi connectivity index (χ2v) is 7.04.